The highest BCUT2D eigenvalue weighted by molar-refractivity contribution is 5.96. The van der Waals surface area contributed by atoms with Gasteiger partial charge in [-0.1, -0.05) is 54.6 Å². The van der Waals surface area contributed by atoms with Crippen molar-refractivity contribution in [1.29, 1.82) is 0 Å². The molecule has 0 saturated heterocycles. The summed E-state index contributed by atoms with van der Waals surface area (Å²) in [5, 5.41) is 0.895. The summed E-state index contributed by atoms with van der Waals surface area (Å²) in [4.78, 5) is 9.24. The molecule has 4 aromatic rings. The van der Waals surface area contributed by atoms with Gasteiger partial charge in [0.15, 0.2) is 0 Å². The lowest BCUT2D eigenvalue weighted by Crippen LogP contribution is -2.47. The van der Waals surface area contributed by atoms with Crippen molar-refractivity contribution in [3.05, 3.63) is 78.5 Å². The molecule has 2 heterocycles. The number of anilines is 1. The van der Waals surface area contributed by atoms with Crippen LogP contribution in [-0.4, -0.2) is 9.97 Å². The third kappa shape index (κ3) is 2.90. The van der Waals surface area contributed by atoms with Crippen LogP contribution < -0.4 is 17.0 Å². The molecule has 0 unspecified atom stereocenters. The first-order valence-electron chi connectivity index (χ1n) is 8.50. The lowest BCUT2D eigenvalue weighted by Gasteiger charge is -2.13. The highest BCUT2D eigenvalue weighted by Gasteiger charge is 2.13. The molecule has 0 aliphatic rings. The van der Waals surface area contributed by atoms with Crippen molar-refractivity contribution >= 4 is 16.7 Å². The van der Waals surface area contributed by atoms with E-state index >= 15 is 0 Å². The topological polar surface area (TPSA) is 91.5 Å². The Bertz CT molecular complexity index is 1040. The Labute approximate surface area is 151 Å². The number of aromatic nitrogens is 2. The van der Waals surface area contributed by atoms with E-state index in [4.69, 9.17) is 10.8 Å². The van der Waals surface area contributed by atoms with Crippen LogP contribution in [0.3, 0.4) is 0 Å². The molecule has 5 nitrogen and oxygen atoms in total. The molecule has 2 aromatic carbocycles. The number of hydrogen-bond acceptors (Lipinski definition) is 4. The van der Waals surface area contributed by atoms with Crippen molar-refractivity contribution in [2.45, 2.75) is 6.54 Å². The van der Waals surface area contributed by atoms with Crippen molar-refractivity contribution in [3.63, 3.8) is 0 Å². The summed E-state index contributed by atoms with van der Waals surface area (Å²) in [5.74, 6) is 6.26. The Hall–Kier alpha value is -3.28. The first-order chi connectivity index (χ1) is 12.8. The Balaban J connectivity index is 2.00. The van der Waals surface area contributed by atoms with E-state index < -0.39 is 0 Å². The zero-order valence-electron chi connectivity index (χ0n) is 14.3. The zero-order chi connectivity index (χ0) is 17.9. The van der Waals surface area contributed by atoms with Crippen LogP contribution in [0.1, 0.15) is 5.56 Å². The summed E-state index contributed by atoms with van der Waals surface area (Å²) in [7, 11) is 0. The van der Waals surface area contributed by atoms with Gasteiger partial charge in [0.25, 0.3) is 0 Å². The normalized spacial score (nSPS) is 10.8. The van der Waals surface area contributed by atoms with Crippen molar-refractivity contribution in [1.82, 2.24) is 9.97 Å². The second-order valence-electron chi connectivity index (χ2n) is 6.07. The molecule has 0 atom stereocenters. The number of rotatable bonds is 4. The van der Waals surface area contributed by atoms with E-state index in [1.807, 2.05) is 24.3 Å². The summed E-state index contributed by atoms with van der Waals surface area (Å²) in [6.45, 7) is 0.772. The molecule has 0 spiro atoms. The molecule has 6 N–H and O–H groups in total. The fourth-order valence-electron chi connectivity index (χ4n) is 3.10. The van der Waals surface area contributed by atoms with Gasteiger partial charge in [-0.05, 0) is 17.7 Å². The molecule has 5 heteroatoms. The van der Waals surface area contributed by atoms with Crippen LogP contribution in [0, 0.1) is 0 Å². The molecule has 2 aromatic heterocycles. The van der Waals surface area contributed by atoms with Crippen LogP contribution in [0.15, 0.2) is 72.9 Å². The van der Waals surface area contributed by atoms with Gasteiger partial charge in [0, 0.05) is 28.3 Å². The van der Waals surface area contributed by atoms with Crippen LogP contribution in [0.5, 0.6) is 0 Å². The molecule has 0 fully saturated rings. The van der Waals surface area contributed by atoms with Gasteiger partial charge in [0.1, 0.15) is 5.82 Å². The van der Waals surface area contributed by atoms with E-state index in [0.717, 1.165) is 39.8 Å². The fourth-order valence-corrected chi connectivity index (χ4v) is 3.10. The third-order valence-electron chi connectivity index (χ3n) is 4.48. The average molecular weight is 342 g/mol. The molecule has 128 valence electrons. The molecular formula is C21H20N5+. The number of hydrogen-bond donors (Lipinski definition) is 3. The summed E-state index contributed by atoms with van der Waals surface area (Å²) in [6, 6.07) is 22.6. The predicted octanol–water partition coefficient (Wildman–Crippen LogP) is 2.99. The highest BCUT2D eigenvalue weighted by Crippen LogP contribution is 2.34. The predicted molar refractivity (Wildman–Crippen MR) is 105 cm³/mol. The van der Waals surface area contributed by atoms with Gasteiger partial charge in [-0.15, -0.1) is 0 Å². The van der Waals surface area contributed by atoms with E-state index in [1.165, 1.54) is 5.56 Å². The van der Waals surface area contributed by atoms with Crippen LogP contribution in [-0.2, 0) is 6.54 Å². The molecule has 4 rings (SSSR count). The average Bonchev–Trinajstić information content (AvgIpc) is 2.73. The zero-order valence-corrected chi connectivity index (χ0v) is 14.3. The SMILES string of the molecule is NNc1nccc2nc(-c3ccc(C[NH3+])cc3)c(-c3ccccc3)cc12. The minimum atomic E-state index is 0.617. The van der Waals surface area contributed by atoms with Crippen molar-refractivity contribution in [2.75, 3.05) is 5.43 Å². The maximum Gasteiger partial charge on any atom is 0.149 e. The highest BCUT2D eigenvalue weighted by atomic mass is 15.2. The number of fused-ring (bicyclic) bond motifs is 1. The number of benzene rings is 2. The standard InChI is InChI=1S/C21H19N5/c22-13-14-6-8-16(9-7-14)20-17(15-4-2-1-3-5-15)12-18-19(25-20)10-11-24-21(18)26-23/h1-12H,13,22-23H2,(H,24,26)/p+1. The van der Waals surface area contributed by atoms with Crippen molar-refractivity contribution in [3.8, 4) is 22.4 Å². The Morgan fingerprint density at radius 2 is 1.69 bits per heavy atom. The fraction of sp³-hybridized carbons (Fsp3) is 0.0476. The first-order valence-corrected chi connectivity index (χ1v) is 8.50. The minimum Gasteiger partial charge on any atom is -0.354 e. The van der Waals surface area contributed by atoms with Crippen molar-refractivity contribution in [2.24, 2.45) is 5.84 Å². The van der Waals surface area contributed by atoms with E-state index in [-0.39, 0.29) is 0 Å². The van der Waals surface area contributed by atoms with Gasteiger partial charge in [0.05, 0.1) is 17.8 Å². The van der Waals surface area contributed by atoms with E-state index in [2.05, 4.69) is 58.6 Å². The molecule has 26 heavy (non-hydrogen) atoms. The number of pyridine rings is 2. The molecule has 0 saturated carbocycles. The second kappa shape index (κ2) is 6.92. The van der Waals surface area contributed by atoms with Crippen LogP contribution in [0.25, 0.3) is 33.3 Å². The molecular weight excluding hydrogens is 322 g/mol. The van der Waals surface area contributed by atoms with E-state index in [0.29, 0.717) is 5.82 Å². The Morgan fingerprint density at radius 3 is 2.38 bits per heavy atom. The van der Waals surface area contributed by atoms with E-state index in [9.17, 15) is 0 Å². The summed E-state index contributed by atoms with van der Waals surface area (Å²) >= 11 is 0. The number of nitrogens with one attached hydrogen (secondary N) is 1. The smallest absolute Gasteiger partial charge is 0.149 e. The van der Waals surface area contributed by atoms with Gasteiger partial charge < -0.3 is 11.2 Å². The number of quaternary nitrogens is 1. The molecule has 0 aliphatic heterocycles. The van der Waals surface area contributed by atoms with Gasteiger partial charge in [-0.2, -0.15) is 0 Å². The number of nitrogens with zero attached hydrogens (tertiary/aromatic N) is 2. The van der Waals surface area contributed by atoms with Crippen LogP contribution in [0.2, 0.25) is 0 Å². The summed E-state index contributed by atoms with van der Waals surface area (Å²) < 4.78 is 0. The quantitative estimate of drug-likeness (QED) is 0.393. The Kier molecular flexibility index (Phi) is 4.31. The second-order valence-corrected chi connectivity index (χ2v) is 6.07. The van der Waals surface area contributed by atoms with E-state index in [1.54, 1.807) is 6.20 Å². The summed E-state index contributed by atoms with van der Waals surface area (Å²) in [5.41, 5.74) is 12.8. The molecule has 0 aliphatic carbocycles. The van der Waals surface area contributed by atoms with Gasteiger partial charge in [-0.3, -0.25) is 0 Å². The van der Waals surface area contributed by atoms with Crippen LogP contribution >= 0.6 is 0 Å². The monoisotopic (exact) mass is 342 g/mol. The largest absolute Gasteiger partial charge is 0.354 e. The maximum atomic E-state index is 5.64. The number of hydrazine groups is 1. The molecule has 0 radical (unpaired) electrons. The lowest BCUT2D eigenvalue weighted by molar-refractivity contribution is -0.386. The first kappa shape index (κ1) is 16.2. The third-order valence-corrected chi connectivity index (χ3v) is 4.48. The van der Waals surface area contributed by atoms with Gasteiger partial charge in [0.2, 0.25) is 0 Å². The maximum absolute atomic E-state index is 5.64. The summed E-state index contributed by atoms with van der Waals surface area (Å²) in [6.07, 6.45) is 1.71. The number of nitrogen functional groups attached to an aromatic ring is 1. The molecule has 0 amide bonds. The van der Waals surface area contributed by atoms with Gasteiger partial charge in [-0.25, -0.2) is 15.8 Å². The Morgan fingerprint density at radius 1 is 0.923 bits per heavy atom. The lowest BCUT2D eigenvalue weighted by atomic mass is 9.97. The van der Waals surface area contributed by atoms with Crippen molar-refractivity contribution < 1.29 is 5.73 Å². The van der Waals surface area contributed by atoms with Crippen LogP contribution in [0.4, 0.5) is 5.82 Å². The number of nitrogens with two attached hydrogens (primary N) is 1. The minimum absolute atomic E-state index is 0.617. The molecule has 0 bridgehead atoms. The van der Waals surface area contributed by atoms with Gasteiger partial charge >= 0.3 is 0 Å².